The molecule has 0 aromatic heterocycles. The summed E-state index contributed by atoms with van der Waals surface area (Å²) < 4.78 is 0. The van der Waals surface area contributed by atoms with Crippen molar-refractivity contribution in [1.29, 1.82) is 0 Å². The first-order chi connectivity index (χ1) is 45.0. The Balaban J connectivity index is 0.777. The van der Waals surface area contributed by atoms with E-state index in [-0.39, 0.29) is 0 Å². The van der Waals surface area contributed by atoms with Gasteiger partial charge in [-0.3, -0.25) is 0 Å². The molecule has 15 aromatic carbocycles. The molecule has 1 heteroatoms. The SMILES string of the molecule is c1ccc(-c2cc(-c3ccccc3)cc(-c3cccc(-c4ccc(N(c5ccc(-c6cccc(-c7cc(-c8ccccc8)cc(-c8ccccc8)c7)c6)cc5)c5ccc(-c6cccc(-c7cc(-c8ccccc8)cc(-c8ccccc8)c7)c6)cc5)cc4)c3)c2)cc1. The number of rotatable bonds is 15. The van der Waals surface area contributed by atoms with Crippen molar-refractivity contribution in [2.45, 2.75) is 0 Å². The molecule has 0 N–H and O–H groups in total. The molecule has 0 amide bonds. The molecule has 0 aliphatic heterocycles. The van der Waals surface area contributed by atoms with Crippen molar-refractivity contribution in [1.82, 2.24) is 0 Å². The molecule has 0 aliphatic carbocycles. The maximum Gasteiger partial charge on any atom is 0.0462 e. The number of benzene rings is 15. The molecule has 0 atom stereocenters. The standard InChI is InChI=1S/C90H63N/c1-7-22-64(23-8-1)79-55-80(65-24-9-2-10-25-65)59-85(58-79)76-37-19-34-73(52-76)70-40-46-88(47-41-70)91(89-48-42-71(43-49-89)74-35-20-38-77(53-74)86-60-81(66-26-11-3-12-27-66)56-82(61-86)67-28-13-4-14-29-67)90-50-44-72(45-51-90)75-36-21-39-78(54-75)87-62-83(68-30-15-5-16-31-68)57-84(63-87)69-32-17-6-18-33-69/h1-63H. The molecule has 0 fully saturated rings. The molecule has 0 heterocycles. The van der Waals surface area contributed by atoms with Crippen molar-refractivity contribution in [3.63, 3.8) is 0 Å². The van der Waals surface area contributed by atoms with Crippen LogP contribution in [0.2, 0.25) is 0 Å². The molecule has 0 radical (unpaired) electrons. The molecule has 0 aliphatic rings. The summed E-state index contributed by atoms with van der Waals surface area (Å²) in [5.74, 6) is 0. The Morgan fingerprint density at radius 3 is 0.418 bits per heavy atom. The van der Waals surface area contributed by atoms with Crippen molar-refractivity contribution in [2.24, 2.45) is 0 Å². The van der Waals surface area contributed by atoms with Gasteiger partial charge in [-0.15, -0.1) is 0 Å². The monoisotopic (exact) mass is 1160 g/mol. The van der Waals surface area contributed by atoms with Crippen LogP contribution in [0.4, 0.5) is 17.1 Å². The molecule has 0 spiro atoms. The van der Waals surface area contributed by atoms with Crippen molar-refractivity contribution >= 4 is 17.1 Å². The van der Waals surface area contributed by atoms with Gasteiger partial charge in [0.15, 0.2) is 0 Å². The van der Waals surface area contributed by atoms with Gasteiger partial charge in [0.1, 0.15) is 0 Å². The van der Waals surface area contributed by atoms with Crippen LogP contribution in [0, 0.1) is 0 Å². The molecule has 1 nitrogen and oxygen atoms in total. The van der Waals surface area contributed by atoms with Gasteiger partial charge in [-0.1, -0.05) is 273 Å². The maximum atomic E-state index is 2.38. The average molecular weight is 1160 g/mol. The van der Waals surface area contributed by atoms with Crippen LogP contribution in [0.15, 0.2) is 382 Å². The molecule has 0 bridgehead atoms. The lowest BCUT2D eigenvalue weighted by atomic mass is 9.92. The van der Waals surface area contributed by atoms with E-state index in [2.05, 4.69) is 387 Å². The fourth-order valence-electron chi connectivity index (χ4n) is 12.7. The predicted octanol–water partition coefficient (Wildman–Crippen LogP) is 25.2. The summed E-state index contributed by atoms with van der Waals surface area (Å²) in [5, 5.41) is 0. The lowest BCUT2D eigenvalue weighted by molar-refractivity contribution is 1.28. The Morgan fingerprint density at radius 2 is 0.231 bits per heavy atom. The zero-order valence-electron chi connectivity index (χ0n) is 50.3. The van der Waals surface area contributed by atoms with Crippen molar-refractivity contribution in [3.05, 3.63) is 382 Å². The van der Waals surface area contributed by atoms with Crippen LogP contribution in [0.25, 0.3) is 134 Å². The van der Waals surface area contributed by atoms with E-state index in [1.54, 1.807) is 0 Å². The van der Waals surface area contributed by atoms with Crippen molar-refractivity contribution in [2.75, 3.05) is 4.90 Å². The van der Waals surface area contributed by atoms with E-state index in [0.29, 0.717) is 0 Å². The van der Waals surface area contributed by atoms with Crippen LogP contribution >= 0.6 is 0 Å². The van der Waals surface area contributed by atoms with Crippen LogP contribution in [0.3, 0.4) is 0 Å². The second-order valence-electron chi connectivity index (χ2n) is 23.3. The van der Waals surface area contributed by atoms with Crippen LogP contribution in [0.1, 0.15) is 0 Å². The second kappa shape index (κ2) is 25.4. The molecule has 0 saturated carbocycles. The van der Waals surface area contributed by atoms with Gasteiger partial charge >= 0.3 is 0 Å². The van der Waals surface area contributed by atoms with Crippen LogP contribution < -0.4 is 4.90 Å². The third kappa shape index (κ3) is 12.3. The largest absolute Gasteiger partial charge is 0.311 e. The molecule has 0 saturated heterocycles. The predicted molar refractivity (Wildman–Crippen MR) is 386 cm³/mol. The van der Waals surface area contributed by atoms with Gasteiger partial charge in [0.05, 0.1) is 0 Å². The molecule has 15 rings (SSSR count). The fraction of sp³-hybridized carbons (Fsp3) is 0. The van der Waals surface area contributed by atoms with Gasteiger partial charge in [-0.05, 0) is 243 Å². The van der Waals surface area contributed by atoms with Gasteiger partial charge < -0.3 is 4.90 Å². The van der Waals surface area contributed by atoms with Crippen molar-refractivity contribution < 1.29 is 0 Å². The maximum absolute atomic E-state index is 2.38. The van der Waals surface area contributed by atoms with Crippen LogP contribution in [0.5, 0.6) is 0 Å². The lowest BCUT2D eigenvalue weighted by Crippen LogP contribution is -2.09. The molecule has 91 heavy (non-hydrogen) atoms. The number of hydrogen-bond acceptors (Lipinski definition) is 1. The molecule has 15 aromatic rings. The molecule has 0 unspecified atom stereocenters. The van der Waals surface area contributed by atoms with Crippen molar-refractivity contribution in [3.8, 4) is 134 Å². The number of hydrogen-bond donors (Lipinski definition) is 0. The first-order valence-corrected chi connectivity index (χ1v) is 31.3. The highest BCUT2D eigenvalue weighted by Crippen LogP contribution is 2.42. The Bertz CT molecular complexity index is 4280. The highest BCUT2D eigenvalue weighted by molar-refractivity contribution is 5.88. The first-order valence-electron chi connectivity index (χ1n) is 31.3. The summed E-state index contributed by atoms with van der Waals surface area (Å²) in [4.78, 5) is 2.38. The summed E-state index contributed by atoms with van der Waals surface area (Å²) in [6, 6.07) is 139. The van der Waals surface area contributed by atoms with E-state index < -0.39 is 0 Å². The zero-order chi connectivity index (χ0) is 60.7. The van der Waals surface area contributed by atoms with E-state index >= 15 is 0 Å². The highest BCUT2D eigenvalue weighted by Gasteiger charge is 2.17. The van der Waals surface area contributed by atoms with Gasteiger partial charge in [0.2, 0.25) is 0 Å². The minimum Gasteiger partial charge on any atom is -0.311 e. The van der Waals surface area contributed by atoms with Gasteiger partial charge in [0, 0.05) is 17.1 Å². The molecular weight excluding hydrogens is 1090 g/mol. The normalized spacial score (nSPS) is 11.1. The summed E-state index contributed by atoms with van der Waals surface area (Å²) >= 11 is 0. The molecule has 428 valence electrons. The van der Waals surface area contributed by atoms with Gasteiger partial charge in [0.25, 0.3) is 0 Å². The van der Waals surface area contributed by atoms with Gasteiger partial charge in [-0.2, -0.15) is 0 Å². The molecular formula is C90H63N. The second-order valence-corrected chi connectivity index (χ2v) is 23.3. The lowest BCUT2D eigenvalue weighted by Gasteiger charge is -2.26. The quantitative estimate of drug-likeness (QED) is 0.0989. The minimum atomic E-state index is 1.06. The smallest absolute Gasteiger partial charge is 0.0462 e. The van der Waals surface area contributed by atoms with Crippen LogP contribution in [-0.2, 0) is 0 Å². The van der Waals surface area contributed by atoms with Crippen LogP contribution in [-0.4, -0.2) is 0 Å². The summed E-state index contributed by atoms with van der Waals surface area (Å²) in [6.07, 6.45) is 0. The highest BCUT2D eigenvalue weighted by atomic mass is 15.1. The van der Waals surface area contributed by atoms with E-state index in [1.165, 1.54) is 100 Å². The Labute approximate surface area is 534 Å². The van der Waals surface area contributed by atoms with E-state index in [4.69, 9.17) is 0 Å². The van der Waals surface area contributed by atoms with Gasteiger partial charge in [-0.25, -0.2) is 0 Å². The third-order valence-electron chi connectivity index (χ3n) is 17.4. The van der Waals surface area contributed by atoms with E-state index in [9.17, 15) is 0 Å². The minimum absolute atomic E-state index is 1.06. The first kappa shape index (κ1) is 55.7. The number of nitrogens with zero attached hydrogens (tertiary/aromatic N) is 1. The Hall–Kier alpha value is -11.9. The topological polar surface area (TPSA) is 3.24 Å². The van der Waals surface area contributed by atoms with E-state index in [1.807, 2.05) is 0 Å². The summed E-state index contributed by atoms with van der Waals surface area (Å²) in [6.45, 7) is 0. The third-order valence-corrected chi connectivity index (χ3v) is 17.4. The summed E-state index contributed by atoms with van der Waals surface area (Å²) in [5.41, 5.74) is 31.5. The fourth-order valence-corrected chi connectivity index (χ4v) is 12.7. The Kier molecular flexibility index (Phi) is 15.6. The Morgan fingerprint density at radius 1 is 0.0989 bits per heavy atom. The summed E-state index contributed by atoms with van der Waals surface area (Å²) in [7, 11) is 0. The zero-order valence-corrected chi connectivity index (χ0v) is 50.3. The average Bonchev–Trinajstić information content (AvgIpc) is 1.64. The number of anilines is 3. The van der Waals surface area contributed by atoms with E-state index in [0.717, 1.165) is 50.4 Å².